The first-order valence-corrected chi connectivity index (χ1v) is 2.41. The lowest BCUT2D eigenvalue weighted by atomic mass is 10.3. The second-order valence-corrected chi connectivity index (χ2v) is 1.21. The van der Waals surface area contributed by atoms with E-state index in [0.29, 0.717) is 0 Å². The highest BCUT2D eigenvalue weighted by atomic mass is 13.7. The summed E-state index contributed by atoms with van der Waals surface area (Å²) in [6.45, 7) is 6.72. The molecule has 0 saturated carbocycles. The van der Waals surface area contributed by atoms with Crippen molar-refractivity contribution < 1.29 is 0 Å². The Labute approximate surface area is 51.3 Å². The van der Waals surface area contributed by atoms with Gasteiger partial charge in [0, 0.05) is 26.7 Å². The van der Waals surface area contributed by atoms with Crippen molar-refractivity contribution in [1.29, 1.82) is 0 Å². The van der Waals surface area contributed by atoms with Gasteiger partial charge in [-0.25, -0.2) is 0 Å². The lowest BCUT2D eigenvalue weighted by Crippen LogP contribution is -1.62. The third-order valence-electron chi connectivity index (χ3n) is 0.625. The van der Waals surface area contributed by atoms with Crippen LogP contribution >= 0.6 is 0 Å². The molecule has 2 radical (unpaired) electrons. The molecule has 0 aromatic carbocycles. The van der Waals surface area contributed by atoms with Crippen molar-refractivity contribution in [3.63, 3.8) is 0 Å². The van der Waals surface area contributed by atoms with Gasteiger partial charge in [0.25, 0.3) is 0 Å². The van der Waals surface area contributed by atoms with Crippen molar-refractivity contribution >= 4 is 0 Å². The van der Waals surface area contributed by atoms with Gasteiger partial charge in [0.2, 0.25) is 0 Å². The fraction of sp³-hybridized carbons (Fsp3) is 0.250. The highest BCUT2D eigenvalue weighted by molar-refractivity contribution is 5.07. The lowest BCUT2D eigenvalue weighted by molar-refractivity contribution is 1.12. The van der Waals surface area contributed by atoms with Crippen molar-refractivity contribution in [3.05, 3.63) is 13.8 Å². The molecule has 0 unspecified atom stereocenters. The van der Waals surface area contributed by atoms with E-state index in [1.165, 1.54) is 0 Å². The molecule has 0 atom stereocenters. The predicted molar refractivity (Wildman–Crippen MR) is 35.5 cm³/mol. The maximum atomic E-state index is 3.36. The summed E-state index contributed by atoms with van der Waals surface area (Å²) in [6.07, 6.45) is 1.62. The molecule has 0 fully saturated rings. The number of hydrogen-bond acceptors (Lipinski definition) is 0. The van der Waals surface area contributed by atoms with Crippen LogP contribution in [-0.4, -0.2) is 0 Å². The smallest absolute Gasteiger partial charge is 0.0198 e. The van der Waals surface area contributed by atoms with Gasteiger partial charge in [0.1, 0.15) is 0 Å². The van der Waals surface area contributed by atoms with Crippen LogP contribution in [0.3, 0.4) is 0 Å². The Balaban J connectivity index is 3.10. The lowest BCUT2D eigenvalue weighted by Gasteiger charge is -1.74. The first kappa shape index (κ1) is 7.12. The van der Waals surface area contributed by atoms with Crippen molar-refractivity contribution in [1.82, 2.24) is 0 Å². The molecule has 0 aliphatic rings. The molecule has 0 heterocycles. The minimum atomic E-state index is 0.812. The quantitative estimate of drug-likeness (QED) is 0.349. The summed E-state index contributed by atoms with van der Waals surface area (Å²) >= 11 is 0. The summed E-state index contributed by atoms with van der Waals surface area (Å²) in [5, 5.41) is 0. The molecule has 8 heavy (non-hydrogen) atoms. The highest BCUT2D eigenvalue weighted by Gasteiger charge is 1.69. The van der Waals surface area contributed by atoms with Crippen molar-refractivity contribution in [2.24, 2.45) is 0 Å². The summed E-state index contributed by atoms with van der Waals surface area (Å²) in [6, 6.07) is 0. The molecule has 0 aromatic heterocycles. The van der Waals surface area contributed by atoms with Gasteiger partial charge in [-0.2, -0.15) is 0 Å². The van der Waals surface area contributed by atoms with Crippen LogP contribution in [0.15, 0.2) is 0 Å². The van der Waals surface area contributed by atoms with E-state index in [0.717, 1.165) is 12.8 Å². The Morgan fingerprint density at radius 3 is 1.50 bits per heavy atom. The summed E-state index contributed by atoms with van der Waals surface area (Å²) in [4.78, 5) is 0. The SMILES string of the molecule is [CH2]C#CCCC#C[CH2]. The fourth-order valence-electron chi connectivity index (χ4n) is 0.302. The predicted octanol–water partition coefficient (Wildman–Crippen LogP) is 1.44. The Hall–Kier alpha value is -0.880. The fourth-order valence-corrected chi connectivity index (χ4v) is 0.302. The van der Waals surface area contributed by atoms with E-state index in [4.69, 9.17) is 0 Å². The Kier molecular flexibility index (Phi) is 5.45. The van der Waals surface area contributed by atoms with Crippen molar-refractivity contribution in [2.75, 3.05) is 0 Å². The molecule has 0 aromatic rings. The van der Waals surface area contributed by atoms with Crippen LogP contribution in [0.2, 0.25) is 0 Å². The summed E-state index contributed by atoms with van der Waals surface area (Å²) in [5.74, 6) is 10.7. The average Bonchev–Trinajstić information content (AvgIpc) is 1.81. The molecular weight excluding hydrogens is 96.1 g/mol. The Morgan fingerprint density at radius 1 is 0.875 bits per heavy atom. The third kappa shape index (κ3) is 5.12. The number of hydrogen-bond donors (Lipinski definition) is 0. The normalized spacial score (nSPS) is 5.75. The van der Waals surface area contributed by atoms with E-state index in [2.05, 4.69) is 37.5 Å². The van der Waals surface area contributed by atoms with Crippen LogP contribution in [0.4, 0.5) is 0 Å². The molecule has 0 aliphatic heterocycles. The molecule has 0 aliphatic carbocycles. The highest BCUT2D eigenvalue weighted by Crippen LogP contribution is 1.80. The summed E-state index contributed by atoms with van der Waals surface area (Å²) < 4.78 is 0. The second-order valence-electron chi connectivity index (χ2n) is 1.21. The summed E-state index contributed by atoms with van der Waals surface area (Å²) in [5.41, 5.74) is 0. The zero-order valence-electron chi connectivity index (χ0n) is 4.83. The minimum Gasteiger partial charge on any atom is -0.102 e. The van der Waals surface area contributed by atoms with Gasteiger partial charge in [-0.1, -0.05) is 0 Å². The van der Waals surface area contributed by atoms with E-state index >= 15 is 0 Å². The molecular formula is C8H8. The van der Waals surface area contributed by atoms with Gasteiger partial charge in [-0.15, -0.1) is 23.7 Å². The van der Waals surface area contributed by atoms with Gasteiger partial charge in [-0.05, 0) is 0 Å². The van der Waals surface area contributed by atoms with Crippen LogP contribution in [0.5, 0.6) is 0 Å². The second kappa shape index (κ2) is 6.12. The van der Waals surface area contributed by atoms with Crippen LogP contribution in [0, 0.1) is 37.5 Å². The van der Waals surface area contributed by atoms with E-state index in [-0.39, 0.29) is 0 Å². The van der Waals surface area contributed by atoms with Crippen LogP contribution < -0.4 is 0 Å². The van der Waals surface area contributed by atoms with Crippen LogP contribution in [0.1, 0.15) is 12.8 Å². The van der Waals surface area contributed by atoms with Gasteiger partial charge < -0.3 is 0 Å². The van der Waals surface area contributed by atoms with E-state index in [1.807, 2.05) is 0 Å². The zero-order chi connectivity index (χ0) is 6.24. The third-order valence-corrected chi connectivity index (χ3v) is 0.625. The number of rotatable bonds is 1. The van der Waals surface area contributed by atoms with E-state index in [9.17, 15) is 0 Å². The molecule has 0 spiro atoms. The van der Waals surface area contributed by atoms with Gasteiger partial charge in [0.15, 0.2) is 0 Å². The van der Waals surface area contributed by atoms with Crippen molar-refractivity contribution in [3.8, 4) is 23.7 Å². The zero-order valence-corrected chi connectivity index (χ0v) is 4.83. The molecule has 0 nitrogen and oxygen atoms in total. The largest absolute Gasteiger partial charge is 0.102 e. The maximum Gasteiger partial charge on any atom is 0.0198 e. The molecule has 40 valence electrons. The molecule has 0 bridgehead atoms. The van der Waals surface area contributed by atoms with Gasteiger partial charge in [-0.3, -0.25) is 0 Å². The molecule has 0 amide bonds. The average molecular weight is 104 g/mol. The molecule has 0 saturated heterocycles. The molecule has 0 rings (SSSR count). The Bertz CT molecular complexity index is 124. The molecule has 0 heteroatoms. The first-order chi connectivity index (χ1) is 3.91. The summed E-state index contributed by atoms with van der Waals surface area (Å²) in [7, 11) is 0. The number of unbranched alkanes of at least 4 members (excludes halogenated alkanes) is 1. The first-order valence-electron chi connectivity index (χ1n) is 2.41. The minimum absolute atomic E-state index is 0.812. The Morgan fingerprint density at radius 2 is 1.25 bits per heavy atom. The van der Waals surface area contributed by atoms with E-state index < -0.39 is 0 Å². The topological polar surface area (TPSA) is 0 Å². The monoisotopic (exact) mass is 104 g/mol. The standard InChI is InChI=1S/C8H8/c1-3-5-7-8-6-4-2/h1-2,7-8H2. The van der Waals surface area contributed by atoms with Gasteiger partial charge >= 0.3 is 0 Å². The van der Waals surface area contributed by atoms with Crippen molar-refractivity contribution in [2.45, 2.75) is 12.8 Å². The van der Waals surface area contributed by atoms with Crippen LogP contribution in [-0.2, 0) is 0 Å². The van der Waals surface area contributed by atoms with Gasteiger partial charge in [0.05, 0.1) is 0 Å². The maximum absolute atomic E-state index is 3.36. The van der Waals surface area contributed by atoms with E-state index in [1.54, 1.807) is 0 Å². The molecule has 0 N–H and O–H groups in total. The van der Waals surface area contributed by atoms with Crippen LogP contribution in [0.25, 0.3) is 0 Å².